The molecule has 0 aromatic heterocycles. The first-order valence-electron chi connectivity index (χ1n) is 9.37. The number of hydrogen-bond acceptors (Lipinski definition) is 6. The number of anilines is 1. The highest BCUT2D eigenvalue weighted by atomic mass is 35.5. The predicted octanol–water partition coefficient (Wildman–Crippen LogP) is 4.21. The molecule has 0 spiro atoms. The third-order valence-corrected chi connectivity index (χ3v) is 7.12. The van der Waals surface area contributed by atoms with Gasteiger partial charge < -0.3 is 9.62 Å². The molecule has 0 fully saturated rings. The maximum absolute atomic E-state index is 13.2. The molecule has 2 aromatic carbocycles. The van der Waals surface area contributed by atoms with Crippen LogP contribution < -0.4 is 9.44 Å². The summed E-state index contributed by atoms with van der Waals surface area (Å²) < 4.78 is 46.5. The van der Waals surface area contributed by atoms with Crippen molar-refractivity contribution in [1.29, 1.82) is 0 Å². The fourth-order valence-electron chi connectivity index (χ4n) is 3.19. The second-order valence-electron chi connectivity index (χ2n) is 7.02. The van der Waals surface area contributed by atoms with Gasteiger partial charge in [-0.3, -0.25) is 13.8 Å². The first-order valence-corrected chi connectivity index (χ1v) is 12.0. The number of sulfonamides is 1. The summed E-state index contributed by atoms with van der Waals surface area (Å²) >= 11 is 7.33. The smallest absolute Gasteiger partial charge is 0.264 e. The molecule has 2 aromatic rings. The molecule has 0 unspecified atom stereocenters. The van der Waals surface area contributed by atoms with Crippen molar-refractivity contribution in [3.63, 3.8) is 0 Å². The van der Waals surface area contributed by atoms with E-state index >= 15 is 0 Å². The zero-order valence-electron chi connectivity index (χ0n) is 16.7. The number of carbonyl (C=O) groups excluding carboxylic acids is 1. The summed E-state index contributed by atoms with van der Waals surface area (Å²) in [5, 5.41) is 0.275. The summed E-state index contributed by atoms with van der Waals surface area (Å²) in [6, 6.07) is 10.2. The van der Waals surface area contributed by atoms with E-state index in [1.807, 2.05) is 0 Å². The Morgan fingerprint density at radius 1 is 1.25 bits per heavy atom. The van der Waals surface area contributed by atoms with Crippen LogP contribution in [0.4, 0.5) is 10.1 Å². The number of halogens is 2. The summed E-state index contributed by atoms with van der Waals surface area (Å²) in [7, 11) is -2.45. The van der Waals surface area contributed by atoms with Crippen LogP contribution in [0.3, 0.4) is 0 Å². The number of rotatable bonds is 6. The minimum Gasteiger partial charge on any atom is -0.337 e. The molecule has 0 saturated heterocycles. The Morgan fingerprint density at radius 2 is 2.00 bits per heavy atom. The Bertz CT molecular complexity index is 1260. The first-order chi connectivity index (χ1) is 15.2. The second kappa shape index (κ2) is 8.89. The Balaban J connectivity index is 1.60. The number of hydrogen-bond donors (Lipinski definition) is 2. The minimum atomic E-state index is -4.03. The molecule has 32 heavy (non-hydrogen) atoms. The molecular weight excluding hydrogens is 475 g/mol. The number of benzene rings is 2. The summed E-state index contributed by atoms with van der Waals surface area (Å²) in [5.74, 6) is -0.784. The van der Waals surface area contributed by atoms with Crippen LogP contribution in [0, 0.1) is 5.82 Å². The number of allylic oxidation sites excluding steroid dienone is 2. The van der Waals surface area contributed by atoms with Crippen molar-refractivity contribution in [2.45, 2.75) is 6.54 Å². The van der Waals surface area contributed by atoms with E-state index in [2.05, 4.69) is 9.44 Å². The Labute approximate surface area is 194 Å². The highest BCUT2D eigenvalue weighted by Crippen LogP contribution is 2.34. The van der Waals surface area contributed by atoms with Gasteiger partial charge in [-0.1, -0.05) is 23.7 Å². The molecular formula is C21H18ClFN4O3S2. The van der Waals surface area contributed by atoms with Gasteiger partial charge in [0.15, 0.2) is 0 Å². The van der Waals surface area contributed by atoms with Gasteiger partial charge in [-0.25, -0.2) is 12.8 Å². The van der Waals surface area contributed by atoms with Crippen LogP contribution in [0.2, 0.25) is 5.02 Å². The van der Waals surface area contributed by atoms with E-state index in [4.69, 9.17) is 11.6 Å². The van der Waals surface area contributed by atoms with Gasteiger partial charge >= 0.3 is 0 Å². The molecule has 166 valence electrons. The largest absolute Gasteiger partial charge is 0.337 e. The lowest BCUT2D eigenvalue weighted by atomic mass is 10.1. The first kappa shape index (κ1) is 22.3. The van der Waals surface area contributed by atoms with E-state index in [0.29, 0.717) is 5.70 Å². The van der Waals surface area contributed by atoms with Gasteiger partial charge in [-0.15, -0.1) is 0 Å². The lowest BCUT2D eigenvalue weighted by molar-refractivity contribution is 0.0786. The molecule has 4 rings (SSSR count). The van der Waals surface area contributed by atoms with Crippen LogP contribution in [-0.4, -0.2) is 30.6 Å². The molecule has 2 N–H and O–H groups in total. The highest BCUT2D eigenvalue weighted by Gasteiger charge is 2.31. The van der Waals surface area contributed by atoms with Crippen molar-refractivity contribution in [3.05, 3.63) is 99.6 Å². The number of nitrogens with zero attached hydrogens (tertiary/aromatic N) is 2. The van der Waals surface area contributed by atoms with Gasteiger partial charge in [0.25, 0.3) is 15.9 Å². The number of carbonyl (C=O) groups is 1. The summed E-state index contributed by atoms with van der Waals surface area (Å²) in [4.78, 5) is 14.6. The van der Waals surface area contributed by atoms with Crippen LogP contribution in [-0.2, 0) is 16.6 Å². The fraction of sp³-hybridized carbons (Fsp3) is 0.0952. The van der Waals surface area contributed by atoms with E-state index in [1.165, 1.54) is 53.4 Å². The molecule has 7 nitrogen and oxygen atoms in total. The van der Waals surface area contributed by atoms with Crippen molar-refractivity contribution in [3.8, 4) is 0 Å². The summed E-state index contributed by atoms with van der Waals surface area (Å²) in [6.45, 7) is 0.217. The van der Waals surface area contributed by atoms with Crippen molar-refractivity contribution >= 4 is 45.4 Å². The van der Waals surface area contributed by atoms with Gasteiger partial charge in [-0.2, -0.15) is 0 Å². The van der Waals surface area contributed by atoms with Crippen molar-refractivity contribution in [2.24, 2.45) is 0 Å². The average molecular weight is 493 g/mol. The van der Waals surface area contributed by atoms with Crippen LogP contribution in [0.1, 0.15) is 15.9 Å². The van der Waals surface area contributed by atoms with E-state index in [0.717, 1.165) is 5.56 Å². The standard InChI is InChI=1S/C21H18ClFN4O3S2/c1-26(13-14-4-7-16(23)8-5-14)21(28)17-9-6-15(22)11-18(17)25-32(29,30)20-3-2-10-27-19(20)12-24-31-27/h2-12,24-25H,13H2,1H3. The van der Waals surface area contributed by atoms with Crippen LogP contribution in [0.5, 0.6) is 0 Å². The molecule has 0 bridgehead atoms. The lowest BCUT2D eigenvalue weighted by Crippen LogP contribution is -2.28. The topological polar surface area (TPSA) is 81.8 Å². The van der Waals surface area contributed by atoms with Gasteiger partial charge in [0, 0.05) is 31.0 Å². The van der Waals surface area contributed by atoms with E-state index in [9.17, 15) is 17.6 Å². The zero-order chi connectivity index (χ0) is 22.9. The molecule has 0 saturated carbocycles. The SMILES string of the molecule is CN(Cc1ccc(F)cc1)C(=O)c1ccc(Cl)cc1NS(=O)(=O)C1=CC=CN2SNC=C12. The minimum absolute atomic E-state index is 0.0514. The summed E-state index contributed by atoms with van der Waals surface area (Å²) in [6.07, 6.45) is 6.41. The van der Waals surface area contributed by atoms with Crippen LogP contribution in [0.15, 0.2) is 77.6 Å². The molecule has 11 heteroatoms. The molecule has 0 atom stereocenters. The second-order valence-corrected chi connectivity index (χ2v) is 9.92. The average Bonchev–Trinajstić information content (AvgIpc) is 3.23. The maximum atomic E-state index is 13.2. The zero-order valence-corrected chi connectivity index (χ0v) is 19.1. The maximum Gasteiger partial charge on any atom is 0.264 e. The van der Waals surface area contributed by atoms with E-state index in [-0.39, 0.29) is 33.5 Å². The third-order valence-electron chi connectivity index (χ3n) is 4.73. The Morgan fingerprint density at radius 3 is 2.75 bits per heavy atom. The number of amides is 1. The van der Waals surface area contributed by atoms with Gasteiger partial charge in [-0.05, 0) is 48.0 Å². The van der Waals surface area contributed by atoms with Crippen molar-refractivity contribution in [1.82, 2.24) is 13.9 Å². The Kier molecular flexibility index (Phi) is 6.18. The van der Waals surface area contributed by atoms with Crippen LogP contribution in [0.25, 0.3) is 0 Å². The van der Waals surface area contributed by atoms with Gasteiger partial charge in [0.05, 0.1) is 29.1 Å². The quantitative estimate of drug-likeness (QED) is 0.588. The molecule has 0 radical (unpaired) electrons. The van der Waals surface area contributed by atoms with E-state index in [1.54, 1.807) is 42.0 Å². The molecule has 2 heterocycles. The van der Waals surface area contributed by atoms with Crippen molar-refractivity contribution < 1.29 is 17.6 Å². The lowest BCUT2D eigenvalue weighted by Gasteiger charge is -2.22. The molecule has 2 aliphatic heterocycles. The van der Waals surface area contributed by atoms with Gasteiger partial charge in [0.1, 0.15) is 10.7 Å². The molecule has 0 aliphatic carbocycles. The Hall–Kier alpha value is -2.95. The van der Waals surface area contributed by atoms with Gasteiger partial charge in [0.2, 0.25) is 0 Å². The number of nitrogens with one attached hydrogen (secondary N) is 2. The molecule has 1 amide bonds. The van der Waals surface area contributed by atoms with Crippen LogP contribution >= 0.6 is 23.7 Å². The molecule has 2 aliphatic rings. The fourth-order valence-corrected chi connectivity index (χ4v) is 5.34. The van der Waals surface area contributed by atoms with E-state index < -0.39 is 15.9 Å². The predicted molar refractivity (Wildman–Crippen MR) is 124 cm³/mol. The highest BCUT2D eigenvalue weighted by molar-refractivity contribution is 7.97. The normalized spacial score (nSPS) is 14.9. The number of fused-ring (bicyclic) bond motifs is 1. The summed E-state index contributed by atoms with van der Waals surface area (Å²) in [5.41, 5.74) is 1.40. The van der Waals surface area contributed by atoms with Crippen molar-refractivity contribution in [2.75, 3.05) is 11.8 Å². The monoisotopic (exact) mass is 492 g/mol. The third kappa shape index (κ3) is 4.62.